The Labute approximate surface area is 164 Å². The fraction of sp³-hybridized carbons (Fsp3) is 0.409. The maximum atomic E-state index is 10.5. The van der Waals surface area contributed by atoms with Crippen molar-refractivity contribution in [1.82, 2.24) is 19.7 Å². The van der Waals surface area contributed by atoms with E-state index in [0.29, 0.717) is 17.1 Å². The van der Waals surface area contributed by atoms with Crippen LogP contribution >= 0.6 is 0 Å². The van der Waals surface area contributed by atoms with E-state index in [1.54, 1.807) is 12.4 Å². The third kappa shape index (κ3) is 3.35. The minimum Gasteiger partial charge on any atom is -0.507 e. The minimum atomic E-state index is 0.163. The van der Waals surface area contributed by atoms with E-state index in [9.17, 15) is 5.11 Å². The Hall–Kier alpha value is -2.89. The molecule has 1 N–H and O–H groups in total. The predicted molar refractivity (Wildman–Crippen MR) is 105 cm³/mol. The largest absolute Gasteiger partial charge is 0.507 e. The summed E-state index contributed by atoms with van der Waals surface area (Å²) < 4.78 is 7.96. The molecule has 0 spiro atoms. The van der Waals surface area contributed by atoms with Gasteiger partial charge in [0.1, 0.15) is 11.9 Å². The molecule has 5 rings (SSSR count). The summed E-state index contributed by atoms with van der Waals surface area (Å²) in [7, 11) is 0. The van der Waals surface area contributed by atoms with Crippen LogP contribution in [0.15, 0.2) is 42.9 Å². The van der Waals surface area contributed by atoms with Crippen molar-refractivity contribution in [3.63, 3.8) is 0 Å². The summed E-state index contributed by atoms with van der Waals surface area (Å²) in [6.07, 6.45) is 10.2. The summed E-state index contributed by atoms with van der Waals surface area (Å²) in [4.78, 5) is 4.22. The Kier molecular flexibility index (Phi) is 4.26. The first-order chi connectivity index (χ1) is 13.6. The van der Waals surface area contributed by atoms with Crippen molar-refractivity contribution in [3.05, 3.63) is 48.5 Å². The van der Waals surface area contributed by atoms with E-state index in [-0.39, 0.29) is 11.9 Å². The minimum absolute atomic E-state index is 0.163. The van der Waals surface area contributed by atoms with Crippen LogP contribution in [-0.2, 0) is 0 Å². The number of phenolic OH excluding ortho intramolecular Hbond substituents is 1. The lowest BCUT2D eigenvalue weighted by Gasteiger charge is -2.27. The lowest BCUT2D eigenvalue weighted by atomic mass is 9.87. The molecule has 144 valence electrons. The van der Waals surface area contributed by atoms with Crippen LogP contribution in [0.4, 0.5) is 0 Å². The molecule has 2 saturated carbocycles. The number of benzene rings is 1. The monoisotopic (exact) mass is 376 g/mol. The van der Waals surface area contributed by atoms with Gasteiger partial charge in [-0.1, -0.05) is 12.8 Å². The maximum Gasteiger partial charge on any atom is 0.233 e. The Bertz CT molecular complexity index is 970. The second-order valence-corrected chi connectivity index (χ2v) is 8.14. The molecule has 3 atom stereocenters. The maximum absolute atomic E-state index is 10.5. The molecule has 28 heavy (non-hydrogen) atoms. The summed E-state index contributed by atoms with van der Waals surface area (Å²) in [6.45, 7) is 1.93. The van der Waals surface area contributed by atoms with E-state index in [1.807, 2.05) is 42.0 Å². The van der Waals surface area contributed by atoms with Gasteiger partial charge in [0.25, 0.3) is 0 Å². The summed E-state index contributed by atoms with van der Waals surface area (Å²) >= 11 is 0. The fourth-order valence-electron chi connectivity index (χ4n) is 4.70. The van der Waals surface area contributed by atoms with Crippen LogP contribution < -0.4 is 4.74 Å². The van der Waals surface area contributed by atoms with Crippen LogP contribution in [0.2, 0.25) is 0 Å². The van der Waals surface area contributed by atoms with Gasteiger partial charge in [-0.3, -0.25) is 0 Å². The van der Waals surface area contributed by atoms with Gasteiger partial charge in [0.2, 0.25) is 5.88 Å². The quantitative estimate of drug-likeness (QED) is 0.735. The number of imidazole rings is 1. The number of ether oxygens (including phenoxy) is 1. The SMILES string of the molecule is Cc1cn(-c2ccc(-c3ccc(O[C@H]4CC5CC[C@@H](C5)C4)nn3)c(O)c2)cn1. The van der Waals surface area contributed by atoms with Gasteiger partial charge in [0.05, 0.1) is 23.4 Å². The van der Waals surface area contributed by atoms with Crippen molar-refractivity contribution in [1.29, 1.82) is 0 Å². The van der Waals surface area contributed by atoms with E-state index < -0.39 is 0 Å². The molecule has 0 aliphatic heterocycles. The van der Waals surface area contributed by atoms with Gasteiger partial charge in [-0.2, -0.15) is 0 Å². The first kappa shape index (κ1) is 17.2. The van der Waals surface area contributed by atoms with E-state index in [4.69, 9.17) is 4.74 Å². The van der Waals surface area contributed by atoms with Crippen molar-refractivity contribution < 1.29 is 9.84 Å². The van der Waals surface area contributed by atoms with Crippen LogP contribution in [0.1, 0.15) is 37.8 Å². The van der Waals surface area contributed by atoms with E-state index in [1.165, 1.54) is 19.3 Å². The summed E-state index contributed by atoms with van der Waals surface area (Å²) in [5.41, 5.74) is 3.05. The van der Waals surface area contributed by atoms with E-state index >= 15 is 0 Å². The van der Waals surface area contributed by atoms with Crippen molar-refractivity contribution in [2.45, 2.75) is 45.1 Å². The molecule has 3 aromatic rings. The molecule has 6 heteroatoms. The van der Waals surface area contributed by atoms with Crippen molar-refractivity contribution >= 4 is 0 Å². The first-order valence-electron chi connectivity index (χ1n) is 9.99. The number of hydrogen-bond donors (Lipinski definition) is 1. The van der Waals surface area contributed by atoms with Crippen molar-refractivity contribution in [2.24, 2.45) is 11.8 Å². The van der Waals surface area contributed by atoms with Crippen LogP contribution in [-0.4, -0.2) is 31.0 Å². The van der Waals surface area contributed by atoms with Gasteiger partial charge < -0.3 is 14.4 Å². The smallest absolute Gasteiger partial charge is 0.233 e. The zero-order valence-electron chi connectivity index (χ0n) is 16.0. The average Bonchev–Trinajstić information content (AvgIpc) is 3.27. The molecule has 0 saturated heterocycles. The second kappa shape index (κ2) is 6.93. The second-order valence-electron chi connectivity index (χ2n) is 8.14. The average molecular weight is 376 g/mol. The number of aryl methyl sites for hydroxylation is 1. The van der Waals surface area contributed by atoms with Gasteiger partial charge >= 0.3 is 0 Å². The zero-order chi connectivity index (χ0) is 19.1. The third-order valence-electron chi connectivity index (χ3n) is 6.04. The fourth-order valence-corrected chi connectivity index (χ4v) is 4.70. The van der Waals surface area contributed by atoms with Crippen LogP contribution in [0, 0.1) is 18.8 Å². The molecular weight excluding hydrogens is 352 g/mol. The normalized spacial score (nSPS) is 23.7. The van der Waals surface area contributed by atoms with E-state index in [2.05, 4.69) is 15.2 Å². The summed E-state index contributed by atoms with van der Waals surface area (Å²) in [5.74, 6) is 2.38. The highest BCUT2D eigenvalue weighted by Crippen LogP contribution is 2.43. The molecule has 2 heterocycles. The zero-order valence-corrected chi connectivity index (χ0v) is 16.0. The highest BCUT2D eigenvalue weighted by Gasteiger charge is 2.35. The number of nitrogens with zero attached hydrogens (tertiary/aromatic N) is 4. The van der Waals surface area contributed by atoms with Crippen LogP contribution in [0.3, 0.4) is 0 Å². The molecule has 1 aromatic carbocycles. The Morgan fingerprint density at radius 1 is 1.04 bits per heavy atom. The molecule has 6 nitrogen and oxygen atoms in total. The number of aromatic hydroxyl groups is 1. The lowest BCUT2D eigenvalue weighted by molar-refractivity contribution is 0.113. The molecule has 2 fully saturated rings. The highest BCUT2D eigenvalue weighted by atomic mass is 16.5. The highest BCUT2D eigenvalue weighted by molar-refractivity contribution is 5.68. The molecule has 2 aromatic heterocycles. The molecule has 2 bridgehead atoms. The Morgan fingerprint density at radius 2 is 1.86 bits per heavy atom. The number of fused-ring (bicyclic) bond motifs is 2. The number of aromatic nitrogens is 4. The Morgan fingerprint density at radius 3 is 2.50 bits per heavy atom. The molecule has 2 aliphatic carbocycles. The molecular formula is C22H24N4O2. The standard InChI is InChI=1S/C22H24N4O2/c1-14-12-26(13-23-14)17-4-5-19(21(27)11-17)20-6-7-22(25-24-20)28-18-9-15-2-3-16(8-15)10-18/h4-7,11-13,15-16,18,27H,2-3,8-10H2,1H3/t15-,16?,18+/m0/s1. The van der Waals surface area contributed by atoms with Crippen molar-refractivity contribution in [2.75, 3.05) is 0 Å². The van der Waals surface area contributed by atoms with Crippen LogP contribution in [0.25, 0.3) is 16.9 Å². The molecule has 1 unspecified atom stereocenters. The number of phenols is 1. The Balaban J connectivity index is 1.31. The van der Waals surface area contributed by atoms with Crippen LogP contribution in [0.5, 0.6) is 11.6 Å². The molecule has 0 amide bonds. The van der Waals surface area contributed by atoms with Gasteiger partial charge in [-0.15, -0.1) is 10.2 Å². The topological polar surface area (TPSA) is 73.1 Å². The lowest BCUT2D eigenvalue weighted by Crippen LogP contribution is -2.26. The van der Waals surface area contributed by atoms with Gasteiger partial charge in [-0.05, 0) is 56.2 Å². The summed E-state index contributed by atoms with van der Waals surface area (Å²) in [5, 5.41) is 19.0. The van der Waals surface area contributed by atoms with E-state index in [0.717, 1.165) is 36.1 Å². The molecule has 2 aliphatic rings. The number of hydrogen-bond acceptors (Lipinski definition) is 5. The predicted octanol–water partition coefficient (Wildman–Crippen LogP) is 4.30. The van der Waals surface area contributed by atoms with Gasteiger partial charge in [0, 0.05) is 23.9 Å². The molecule has 0 radical (unpaired) electrons. The number of rotatable bonds is 4. The van der Waals surface area contributed by atoms with Crippen molar-refractivity contribution in [3.8, 4) is 28.6 Å². The first-order valence-corrected chi connectivity index (χ1v) is 9.99. The summed E-state index contributed by atoms with van der Waals surface area (Å²) in [6, 6.07) is 9.20. The third-order valence-corrected chi connectivity index (χ3v) is 6.04. The van der Waals surface area contributed by atoms with Gasteiger partial charge in [0.15, 0.2) is 0 Å². The van der Waals surface area contributed by atoms with Gasteiger partial charge in [-0.25, -0.2) is 4.98 Å².